The van der Waals surface area contributed by atoms with E-state index in [0.717, 1.165) is 30.6 Å². The number of piperidine rings is 1. The molecule has 1 aromatic heterocycles. The Balaban J connectivity index is 1.50. The van der Waals surface area contributed by atoms with Crippen molar-refractivity contribution in [2.75, 3.05) is 20.1 Å². The number of hydrogen-bond donors (Lipinski definition) is 1. The summed E-state index contributed by atoms with van der Waals surface area (Å²) < 4.78 is 6.44. The number of benzene rings is 1. The van der Waals surface area contributed by atoms with Gasteiger partial charge in [0.25, 0.3) is 5.91 Å². The van der Waals surface area contributed by atoms with Gasteiger partial charge in [-0.2, -0.15) is 0 Å². The van der Waals surface area contributed by atoms with Crippen molar-refractivity contribution >= 4 is 11.8 Å². The molecule has 1 fully saturated rings. The smallest absolute Gasteiger partial charge is 0.274 e. The van der Waals surface area contributed by atoms with E-state index in [-0.39, 0.29) is 23.3 Å². The Hall–Kier alpha value is -2.96. The molecule has 0 radical (unpaired) electrons. The maximum Gasteiger partial charge on any atom is 0.274 e. The summed E-state index contributed by atoms with van der Waals surface area (Å²) in [5.41, 5.74) is 1.12. The highest BCUT2D eigenvalue weighted by atomic mass is 16.5. The predicted octanol–water partition coefficient (Wildman–Crippen LogP) is 2.15. The Morgan fingerprint density at radius 3 is 2.75 bits per heavy atom. The number of aromatic nitrogens is 2. The minimum atomic E-state index is -0.341. The Morgan fingerprint density at radius 2 is 2.04 bits per heavy atom. The molecule has 0 saturated carbocycles. The largest absolute Gasteiger partial charge is 0.487 e. The minimum Gasteiger partial charge on any atom is -0.487 e. The first-order valence-electron chi connectivity index (χ1n) is 9.64. The molecule has 7 heteroatoms. The van der Waals surface area contributed by atoms with Crippen molar-refractivity contribution in [3.8, 4) is 5.75 Å². The molecule has 1 N–H and O–H groups in total. The summed E-state index contributed by atoms with van der Waals surface area (Å²) in [7, 11) is 1.67. The number of carbonyl (C=O) groups excluding carboxylic acids is 2. The molecule has 1 saturated heterocycles. The molecule has 2 aliphatic heterocycles. The molecule has 2 aliphatic rings. The molecule has 146 valence electrons. The second-order valence-corrected chi connectivity index (χ2v) is 7.48. The minimum absolute atomic E-state index is 0.0344. The number of hydrogen-bond acceptors (Lipinski definition) is 5. The number of carbonyl (C=O) groups is 2. The zero-order valence-electron chi connectivity index (χ0n) is 15.9. The monoisotopic (exact) mass is 380 g/mol. The maximum atomic E-state index is 12.6. The number of nitrogens with one attached hydrogen (secondary N) is 1. The average molecular weight is 380 g/mol. The van der Waals surface area contributed by atoms with Crippen molar-refractivity contribution in [2.45, 2.75) is 37.2 Å². The second kappa shape index (κ2) is 7.58. The molecule has 4 rings (SSSR count). The first kappa shape index (κ1) is 18.4. The molecule has 1 spiro atoms. The lowest BCUT2D eigenvalue weighted by molar-refractivity contribution is -0.121. The van der Waals surface area contributed by atoms with Gasteiger partial charge < -0.3 is 15.0 Å². The number of amides is 2. The Kier molecular flexibility index (Phi) is 4.98. The van der Waals surface area contributed by atoms with E-state index in [2.05, 4.69) is 15.3 Å². The van der Waals surface area contributed by atoms with Gasteiger partial charge in [-0.25, -0.2) is 4.98 Å². The van der Waals surface area contributed by atoms with Crippen molar-refractivity contribution in [1.29, 1.82) is 0 Å². The Labute approximate surface area is 164 Å². The van der Waals surface area contributed by atoms with Gasteiger partial charge in [-0.05, 0) is 18.1 Å². The fourth-order valence-corrected chi connectivity index (χ4v) is 4.25. The molecular weight excluding hydrogens is 356 g/mol. The fourth-order valence-electron chi connectivity index (χ4n) is 4.25. The number of fused-ring (bicyclic) bond motifs is 1. The summed E-state index contributed by atoms with van der Waals surface area (Å²) in [6, 6.07) is 7.97. The van der Waals surface area contributed by atoms with Gasteiger partial charge in [0.1, 0.15) is 17.0 Å². The van der Waals surface area contributed by atoms with E-state index in [1.807, 2.05) is 29.2 Å². The van der Waals surface area contributed by atoms with Crippen LogP contribution >= 0.6 is 0 Å². The average Bonchev–Trinajstić information content (AvgIpc) is 2.74. The molecule has 7 nitrogen and oxygen atoms in total. The van der Waals surface area contributed by atoms with E-state index >= 15 is 0 Å². The van der Waals surface area contributed by atoms with Crippen LogP contribution in [0.2, 0.25) is 0 Å². The highest BCUT2D eigenvalue weighted by molar-refractivity contribution is 5.92. The van der Waals surface area contributed by atoms with Crippen LogP contribution in [0.15, 0.2) is 42.9 Å². The molecule has 0 bridgehead atoms. The van der Waals surface area contributed by atoms with E-state index in [0.29, 0.717) is 25.2 Å². The van der Waals surface area contributed by atoms with E-state index in [9.17, 15) is 9.59 Å². The van der Waals surface area contributed by atoms with E-state index in [1.54, 1.807) is 13.2 Å². The summed E-state index contributed by atoms with van der Waals surface area (Å²) in [5, 5.41) is 2.73. The normalized spacial score (nSPS) is 20.2. The lowest BCUT2D eigenvalue weighted by Crippen LogP contribution is -2.52. The summed E-state index contributed by atoms with van der Waals surface area (Å²) in [4.78, 5) is 34.6. The zero-order valence-corrected chi connectivity index (χ0v) is 15.9. The molecule has 1 aromatic carbocycles. The summed E-state index contributed by atoms with van der Waals surface area (Å²) >= 11 is 0. The fraction of sp³-hybridized carbons (Fsp3) is 0.429. The van der Waals surface area contributed by atoms with Crippen molar-refractivity contribution in [1.82, 2.24) is 20.2 Å². The van der Waals surface area contributed by atoms with E-state index < -0.39 is 0 Å². The van der Waals surface area contributed by atoms with Crippen LogP contribution in [0.25, 0.3) is 0 Å². The van der Waals surface area contributed by atoms with Crippen LogP contribution in [0.1, 0.15) is 47.7 Å². The predicted molar refractivity (Wildman–Crippen MR) is 103 cm³/mol. The topological polar surface area (TPSA) is 84.4 Å². The highest BCUT2D eigenvalue weighted by Crippen LogP contribution is 2.46. The maximum absolute atomic E-state index is 12.6. The van der Waals surface area contributed by atoms with E-state index in [4.69, 9.17) is 4.74 Å². The quantitative estimate of drug-likeness (QED) is 0.882. The van der Waals surface area contributed by atoms with Gasteiger partial charge in [-0.1, -0.05) is 18.2 Å². The first-order valence-corrected chi connectivity index (χ1v) is 9.64. The van der Waals surface area contributed by atoms with Gasteiger partial charge in [0.2, 0.25) is 5.91 Å². The lowest BCUT2D eigenvalue weighted by atomic mass is 9.76. The standard InChI is InChI=1S/C21H24N4O3/c1-22-19(26)12-15-13-21(28-18-5-3-2-4-16(15)18)6-10-25(11-7-21)20(27)17-14-23-8-9-24-17/h2-5,8-9,14-15H,6-7,10-13H2,1H3,(H,22,26)/t15-/m0/s1. The van der Waals surface area contributed by atoms with Gasteiger partial charge in [0.15, 0.2) is 0 Å². The molecule has 2 amide bonds. The van der Waals surface area contributed by atoms with Crippen molar-refractivity contribution in [2.24, 2.45) is 0 Å². The summed E-state index contributed by atoms with van der Waals surface area (Å²) in [6.45, 7) is 1.20. The number of nitrogens with zero attached hydrogens (tertiary/aromatic N) is 3. The number of ether oxygens (including phenoxy) is 1. The van der Waals surface area contributed by atoms with Crippen LogP contribution < -0.4 is 10.1 Å². The van der Waals surface area contributed by atoms with Crippen LogP contribution in [0.4, 0.5) is 0 Å². The molecule has 0 aliphatic carbocycles. The van der Waals surface area contributed by atoms with Crippen molar-refractivity contribution in [3.05, 3.63) is 54.1 Å². The number of likely N-dealkylation sites (tertiary alicyclic amines) is 1. The SMILES string of the molecule is CNC(=O)C[C@H]1CC2(CCN(C(=O)c3cnccn3)CC2)Oc2ccccc21. The molecule has 1 atom stereocenters. The third kappa shape index (κ3) is 3.56. The molecule has 2 aromatic rings. The molecular formula is C21H24N4O3. The zero-order chi connectivity index (χ0) is 19.6. The molecule has 28 heavy (non-hydrogen) atoms. The van der Waals surface area contributed by atoms with E-state index in [1.165, 1.54) is 12.4 Å². The van der Waals surface area contributed by atoms with Crippen molar-refractivity contribution in [3.63, 3.8) is 0 Å². The third-order valence-corrected chi connectivity index (χ3v) is 5.76. The van der Waals surface area contributed by atoms with Gasteiger partial charge in [0, 0.05) is 57.7 Å². The highest BCUT2D eigenvalue weighted by Gasteiger charge is 2.44. The number of rotatable bonds is 3. The Bertz CT molecular complexity index is 863. The van der Waals surface area contributed by atoms with Crippen LogP contribution in [-0.2, 0) is 4.79 Å². The van der Waals surface area contributed by atoms with Gasteiger partial charge in [-0.3, -0.25) is 14.6 Å². The van der Waals surface area contributed by atoms with Crippen LogP contribution in [0.3, 0.4) is 0 Å². The molecule has 3 heterocycles. The summed E-state index contributed by atoms with van der Waals surface area (Å²) in [6.07, 6.45) is 7.28. The third-order valence-electron chi connectivity index (χ3n) is 5.76. The van der Waals surface area contributed by atoms with Gasteiger partial charge in [0.05, 0.1) is 6.20 Å². The van der Waals surface area contributed by atoms with Crippen LogP contribution in [0.5, 0.6) is 5.75 Å². The first-order chi connectivity index (χ1) is 13.6. The number of para-hydroxylation sites is 1. The molecule has 0 unspecified atom stereocenters. The lowest BCUT2D eigenvalue weighted by Gasteiger charge is -2.46. The summed E-state index contributed by atoms with van der Waals surface area (Å²) in [5.74, 6) is 0.914. The van der Waals surface area contributed by atoms with Gasteiger partial charge in [-0.15, -0.1) is 0 Å². The van der Waals surface area contributed by atoms with Crippen LogP contribution in [0, 0.1) is 0 Å². The second-order valence-electron chi connectivity index (χ2n) is 7.48. The Morgan fingerprint density at radius 1 is 1.25 bits per heavy atom. The van der Waals surface area contributed by atoms with Gasteiger partial charge >= 0.3 is 0 Å². The van der Waals surface area contributed by atoms with Crippen molar-refractivity contribution < 1.29 is 14.3 Å². The van der Waals surface area contributed by atoms with Crippen LogP contribution in [-0.4, -0.2) is 52.4 Å².